The van der Waals surface area contributed by atoms with E-state index in [1.807, 2.05) is 6.92 Å². The Morgan fingerprint density at radius 1 is 1.00 bits per heavy atom. The van der Waals surface area contributed by atoms with Crippen LogP contribution in [-0.4, -0.2) is 10.1 Å². The molecule has 0 spiro atoms. The molecule has 1 aromatic rings. The first-order valence-corrected chi connectivity index (χ1v) is 7.89. The van der Waals surface area contributed by atoms with Gasteiger partial charge in [0.1, 0.15) is 0 Å². The Kier molecular flexibility index (Phi) is 7.11. The Morgan fingerprint density at radius 2 is 1.68 bits per heavy atom. The van der Waals surface area contributed by atoms with Gasteiger partial charge in [0.25, 0.3) is 0 Å². The van der Waals surface area contributed by atoms with Gasteiger partial charge in [-0.15, -0.1) is 0 Å². The first-order chi connectivity index (χ1) is 9.09. The van der Waals surface area contributed by atoms with Crippen LogP contribution in [0.5, 0.6) is 0 Å². The highest BCUT2D eigenvalue weighted by atomic mass is 16.5. The zero-order chi connectivity index (χ0) is 14.1. The third kappa shape index (κ3) is 6.22. The molecule has 3 nitrogen and oxygen atoms in total. The van der Waals surface area contributed by atoms with E-state index in [-0.39, 0.29) is 0 Å². The van der Waals surface area contributed by atoms with E-state index in [1.54, 1.807) is 0 Å². The standard InChI is InChI=1S/C16H30N2O/c1-5-7-9-10-12-16(4,11-8-6-2)13-15-17-14(3)19-18-15/h5-13H2,1-4H3. The molecule has 0 aliphatic rings. The molecular weight excluding hydrogens is 236 g/mol. The number of nitrogens with zero attached hydrogens (tertiary/aromatic N) is 2. The van der Waals surface area contributed by atoms with E-state index in [1.165, 1.54) is 51.4 Å². The van der Waals surface area contributed by atoms with E-state index in [4.69, 9.17) is 4.52 Å². The van der Waals surface area contributed by atoms with E-state index < -0.39 is 0 Å². The molecule has 0 saturated carbocycles. The van der Waals surface area contributed by atoms with Crippen LogP contribution in [0, 0.1) is 12.3 Å². The monoisotopic (exact) mass is 266 g/mol. The average Bonchev–Trinajstić information content (AvgIpc) is 2.78. The van der Waals surface area contributed by atoms with Crippen molar-refractivity contribution < 1.29 is 4.52 Å². The van der Waals surface area contributed by atoms with Crippen LogP contribution in [0.15, 0.2) is 4.52 Å². The first-order valence-electron chi connectivity index (χ1n) is 7.89. The minimum Gasteiger partial charge on any atom is -0.340 e. The van der Waals surface area contributed by atoms with E-state index in [9.17, 15) is 0 Å². The summed E-state index contributed by atoms with van der Waals surface area (Å²) in [6.07, 6.45) is 11.4. The first kappa shape index (κ1) is 16.2. The lowest BCUT2D eigenvalue weighted by Gasteiger charge is -2.28. The van der Waals surface area contributed by atoms with E-state index in [0.717, 1.165) is 12.2 Å². The number of unbranched alkanes of at least 4 members (excludes halogenated alkanes) is 4. The molecule has 0 aliphatic carbocycles. The summed E-state index contributed by atoms with van der Waals surface area (Å²) in [6, 6.07) is 0. The van der Waals surface area contributed by atoms with Crippen LogP contribution in [-0.2, 0) is 6.42 Å². The maximum Gasteiger partial charge on any atom is 0.223 e. The van der Waals surface area contributed by atoms with Gasteiger partial charge >= 0.3 is 0 Å². The minimum atomic E-state index is 0.333. The van der Waals surface area contributed by atoms with E-state index in [2.05, 4.69) is 30.9 Å². The van der Waals surface area contributed by atoms with Gasteiger partial charge in [-0.05, 0) is 18.3 Å². The molecule has 19 heavy (non-hydrogen) atoms. The second-order valence-electron chi connectivity index (χ2n) is 6.13. The largest absolute Gasteiger partial charge is 0.340 e. The smallest absolute Gasteiger partial charge is 0.223 e. The van der Waals surface area contributed by atoms with Crippen molar-refractivity contribution in [3.63, 3.8) is 0 Å². The predicted octanol–water partition coefficient (Wildman–Crippen LogP) is 5.09. The number of rotatable bonds is 10. The normalized spacial score (nSPS) is 14.5. The molecule has 1 rings (SSSR count). The van der Waals surface area contributed by atoms with Crippen molar-refractivity contribution >= 4 is 0 Å². The van der Waals surface area contributed by atoms with Gasteiger partial charge in [0.15, 0.2) is 5.82 Å². The fraction of sp³-hybridized carbons (Fsp3) is 0.875. The van der Waals surface area contributed by atoms with Gasteiger partial charge in [-0.2, -0.15) is 4.98 Å². The van der Waals surface area contributed by atoms with Gasteiger partial charge in [-0.1, -0.05) is 64.5 Å². The molecule has 0 aliphatic heterocycles. The lowest BCUT2D eigenvalue weighted by Crippen LogP contribution is -2.20. The van der Waals surface area contributed by atoms with Crippen LogP contribution >= 0.6 is 0 Å². The van der Waals surface area contributed by atoms with Crippen molar-refractivity contribution in [2.45, 2.75) is 85.5 Å². The lowest BCUT2D eigenvalue weighted by molar-refractivity contribution is 0.243. The summed E-state index contributed by atoms with van der Waals surface area (Å²) in [7, 11) is 0. The highest BCUT2D eigenvalue weighted by Crippen LogP contribution is 2.34. The molecule has 0 aromatic carbocycles. The van der Waals surface area contributed by atoms with Gasteiger partial charge < -0.3 is 4.52 Å². The minimum absolute atomic E-state index is 0.333. The van der Waals surface area contributed by atoms with Crippen molar-refractivity contribution in [3.05, 3.63) is 11.7 Å². The Morgan fingerprint density at radius 3 is 2.26 bits per heavy atom. The number of aromatic nitrogens is 2. The van der Waals surface area contributed by atoms with Crippen molar-refractivity contribution in [2.24, 2.45) is 5.41 Å². The molecule has 0 amide bonds. The summed E-state index contributed by atoms with van der Waals surface area (Å²) >= 11 is 0. The van der Waals surface area contributed by atoms with Crippen LogP contribution in [0.25, 0.3) is 0 Å². The van der Waals surface area contributed by atoms with Gasteiger partial charge in [0, 0.05) is 13.3 Å². The van der Waals surface area contributed by atoms with E-state index >= 15 is 0 Å². The van der Waals surface area contributed by atoms with E-state index in [0.29, 0.717) is 11.3 Å². The van der Waals surface area contributed by atoms with Gasteiger partial charge in [0.05, 0.1) is 0 Å². The highest BCUT2D eigenvalue weighted by molar-refractivity contribution is 4.91. The second-order valence-corrected chi connectivity index (χ2v) is 6.13. The average molecular weight is 266 g/mol. The maximum absolute atomic E-state index is 5.10. The summed E-state index contributed by atoms with van der Waals surface area (Å²) in [5.74, 6) is 1.56. The molecule has 0 N–H and O–H groups in total. The molecule has 0 bridgehead atoms. The summed E-state index contributed by atoms with van der Waals surface area (Å²) < 4.78 is 5.10. The molecular formula is C16H30N2O. The van der Waals surface area contributed by atoms with Crippen LogP contribution in [0.3, 0.4) is 0 Å². The molecule has 1 atom stereocenters. The van der Waals surface area contributed by atoms with Crippen molar-refractivity contribution in [1.82, 2.24) is 10.1 Å². The highest BCUT2D eigenvalue weighted by Gasteiger charge is 2.25. The fourth-order valence-corrected chi connectivity index (χ4v) is 2.68. The lowest BCUT2D eigenvalue weighted by atomic mass is 9.77. The quantitative estimate of drug-likeness (QED) is 0.554. The van der Waals surface area contributed by atoms with Crippen molar-refractivity contribution in [1.29, 1.82) is 0 Å². The molecule has 1 aromatic heterocycles. The van der Waals surface area contributed by atoms with Crippen LogP contribution in [0.1, 0.15) is 83.9 Å². The molecule has 0 saturated heterocycles. The summed E-state index contributed by atoms with van der Waals surface area (Å²) in [4.78, 5) is 4.37. The fourth-order valence-electron chi connectivity index (χ4n) is 2.68. The number of hydrogen-bond donors (Lipinski definition) is 0. The zero-order valence-corrected chi connectivity index (χ0v) is 13.2. The zero-order valence-electron chi connectivity index (χ0n) is 13.2. The Balaban J connectivity index is 2.52. The van der Waals surface area contributed by atoms with Gasteiger partial charge in [0.2, 0.25) is 5.89 Å². The molecule has 0 fully saturated rings. The summed E-state index contributed by atoms with van der Waals surface area (Å²) in [5.41, 5.74) is 0.333. The van der Waals surface area contributed by atoms with Crippen LogP contribution < -0.4 is 0 Å². The molecule has 3 heteroatoms. The third-order valence-corrected chi connectivity index (χ3v) is 3.92. The molecule has 1 heterocycles. The van der Waals surface area contributed by atoms with Crippen LogP contribution in [0.2, 0.25) is 0 Å². The Bertz CT molecular complexity index is 348. The Hall–Kier alpha value is -0.860. The SMILES string of the molecule is CCCCCCC(C)(CCCC)Cc1noc(C)n1. The predicted molar refractivity (Wildman–Crippen MR) is 79.1 cm³/mol. The van der Waals surface area contributed by atoms with Gasteiger partial charge in [-0.25, -0.2) is 0 Å². The van der Waals surface area contributed by atoms with Gasteiger partial charge in [-0.3, -0.25) is 0 Å². The topological polar surface area (TPSA) is 38.9 Å². The molecule has 1 unspecified atom stereocenters. The maximum atomic E-state index is 5.10. The number of hydrogen-bond acceptors (Lipinski definition) is 3. The third-order valence-electron chi connectivity index (χ3n) is 3.92. The summed E-state index contributed by atoms with van der Waals surface area (Å²) in [6.45, 7) is 8.77. The van der Waals surface area contributed by atoms with Crippen molar-refractivity contribution in [2.75, 3.05) is 0 Å². The number of aryl methyl sites for hydroxylation is 1. The van der Waals surface area contributed by atoms with Crippen LogP contribution in [0.4, 0.5) is 0 Å². The second kappa shape index (κ2) is 8.34. The molecule has 0 radical (unpaired) electrons. The summed E-state index contributed by atoms with van der Waals surface area (Å²) in [5, 5.41) is 4.07. The van der Waals surface area contributed by atoms with Crippen molar-refractivity contribution in [3.8, 4) is 0 Å². The Labute approximate surface area is 118 Å². The molecule has 110 valence electrons.